The highest BCUT2D eigenvalue weighted by Crippen LogP contribution is 2.41. The van der Waals surface area contributed by atoms with Gasteiger partial charge in [0.2, 0.25) is 0 Å². The molecule has 0 radical (unpaired) electrons. The lowest BCUT2D eigenvalue weighted by Crippen LogP contribution is -2.18. The smallest absolute Gasteiger partial charge is 0.146 e. The molecular weight excluding hydrogens is 196 g/mol. The van der Waals surface area contributed by atoms with Crippen LogP contribution >= 0.6 is 0 Å². The van der Waals surface area contributed by atoms with Gasteiger partial charge in [0.1, 0.15) is 6.29 Å². The number of carbonyl (C=O) groups is 1. The van der Waals surface area contributed by atoms with Gasteiger partial charge in [0.05, 0.1) is 0 Å². The third-order valence-electron chi connectivity index (χ3n) is 3.37. The van der Waals surface area contributed by atoms with Gasteiger partial charge in [-0.15, -0.1) is 0 Å². The van der Waals surface area contributed by atoms with Crippen molar-refractivity contribution in [1.82, 2.24) is 0 Å². The Morgan fingerprint density at radius 1 is 1.19 bits per heavy atom. The molecule has 0 amide bonds. The van der Waals surface area contributed by atoms with E-state index in [0.29, 0.717) is 0 Å². The minimum atomic E-state index is 0.272. The molecule has 0 unspecified atom stereocenters. The van der Waals surface area contributed by atoms with Gasteiger partial charge in [-0.25, -0.2) is 0 Å². The number of carbonyl (C=O) groups excluding carboxylic acids is 1. The van der Waals surface area contributed by atoms with Gasteiger partial charge in [0, 0.05) is 0 Å². The third kappa shape index (κ3) is 2.24. The van der Waals surface area contributed by atoms with Crippen LogP contribution in [0.4, 0.5) is 0 Å². The molecule has 0 saturated carbocycles. The fraction of sp³-hybridized carbons (Fsp3) is 0.400. The molecule has 16 heavy (non-hydrogen) atoms. The highest BCUT2D eigenvalue weighted by Gasteiger charge is 2.27. The SMILES string of the molecule is CC1(C)CCC(c2ccccc2)=C(C=O)C1. The van der Waals surface area contributed by atoms with Crippen molar-refractivity contribution in [3.05, 3.63) is 41.5 Å². The first-order chi connectivity index (χ1) is 7.62. The summed E-state index contributed by atoms with van der Waals surface area (Å²) >= 11 is 0. The Bertz CT molecular complexity index is 412. The minimum Gasteiger partial charge on any atom is -0.298 e. The van der Waals surface area contributed by atoms with Crippen molar-refractivity contribution in [3.63, 3.8) is 0 Å². The first-order valence-electron chi connectivity index (χ1n) is 5.85. The van der Waals surface area contributed by atoms with E-state index in [1.165, 1.54) is 11.1 Å². The van der Waals surface area contributed by atoms with Crippen LogP contribution in [0.15, 0.2) is 35.9 Å². The third-order valence-corrected chi connectivity index (χ3v) is 3.37. The van der Waals surface area contributed by atoms with E-state index in [9.17, 15) is 4.79 Å². The molecule has 1 aliphatic rings. The van der Waals surface area contributed by atoms with E-state index in [-0.39, 0.29) is 5.41 Å². The Balaban J connectivity index is 2.40. The second-order valence-corrected chi connectivity index (χ2v) is 5.33. The molecule has 0 heterocycles. The lowest BCUT2D eigenvalue weighted by molar-refractivity contribution is -0.105. The molecule has 0 N–H and O–H groups in total. The maximum Gasteiger partial charge on any atom is 0.146 e. The van der Waals surface area contributed by atoms with E-state index >= 15 is 0 Å². The van der Waals surface area contributed by atoms with Crippen LogP contribution in [0.3, 0.4) is 0 Å². The summed E-state index contributed by atoms with van der Waals surface area (Å²) in [4.78, 5) is 11.2. The number of benzene rings is 1. The van der Waals surface area contributed by atoms with E-state index in [0.717, 1.165) is 31.1 Å². The summed E-state index contributed by atoms with van der Waals surface area (Å²) < 4.78 is 0. The molecule has 0 spiro atoms. The Labute approximate surface area is 97.2 Å². The Hall–Kier alpha value is -1.37. The van der Waals surface area contributed by atoms with Crippen LogP contribution in [0, 0.1) is 5.41 Å². The summed E-state index contributed by atoms with van der Waals surface area (Å²) in [6.07, 6.45) is 4.13. The summed E-state index contributed by atoms with van der Waals surface area (Å²) in [5, 5.41) is 0. The number of hydrogen-bond donors (Lipinski definition) is 0. The van der Waals surface area contributed by atoms with Gasteiger partial charge in [-0.05, 0) is 41.4 Å². The van der Waals surface area contributed by atoms with Crippen molar-refractivity contribution in [1.29, 1.82) is 0 Å². The lowest BCUT2D eigenvalue weighted by atomic mass is 9.73. The van der Waals surface area contributed by atoms with Crippen LogP contribution < -0.4 is 0 Å². The summed E-state index contributed by atoms with van der Waals surface area (Å²) in [5.41, 5.74) is 3.71. The van der Waals surface area contributed by atoms with Crippen LogP contribution in [0.5, 0.6) is 0 Å². The zero-order valence-corrected chi connectivity index (χ0v) is 9.99. The average Bonchev–Trinajstić information content (AvgIpc) is 2.29. The predicted molar refractivity (Wildman–Crippen MR) is 67.1 cm³/mol. The molecule has 84 valence electrons. The molecule has 1 aliphatic carbocycles. The molecule has 0 bridgehead atoms. The molecule has 0 atom stereocenters. The van der Waals surface area contributed by atoms with Crippen molar-refractivity contribution in [3.8, 4) is 0 Å². The second kappa shape index (κ2) is 4.25. The zero-order valence-electron chi connectivity index (χ0n) is 9.99. The summed E-state index contributed by atoms with van der Waals surface area (Å²) in [5.74, 6) is 0. The monoisotopic (exact) mass is 214 g/mol. The predicted octanol–water partition coefficient (Wildman–Crippen LogP) is 3.85. The summed E-state index contributed by atoms with van der Waals surface area (Å²) in [6.45, 7) is 4.47. The van der Waals surface area contributed by atoms with Gasteiger partial charge in [-0.1, -0.05) is 44.2 Å². The van der Waals surface area contributed by atoms with E-state index < -0.39 is 0 Å². The molecule has 1 heteroatoms. The quantitative estimate of drug-likeness (QED) is 0.683. The van der Waals surface area contributed by atoms with Crippen LogP contribution in [0.25, 0.3) is 5.57 Å². The maximum absolute atomic E-state index is 11.2. The van der Waals surface area contributed by atoms with Crippen molar-refractivity contribution < 1.29 is 4.79 Å². The molecule has 0 fully saturated rings. The average molecular weight is 214 g/mol. The van der Waals surface area contributed by atoms with Gasteiger partial charge >= 0.3 is 0 Å². The molecule has 1 nitrogen and oxygen atoms in total. The first-order valence-corrected chi connectivity index (χ1v) is 5.85. The van der Waals surface area contributed by atoms with Crippen LogP contribution in [0.1, 0.15) is 38.7 Å². The second-order valence-electron chi connectivity index (χ2n) is 5.33. The fourth-order valence-electron chi connectivity index (χ4n) is 2.42. The topological polar surface area (TPSA) is 17.1 Å². The van der Waals surface area contributed by atoms with E-state index in [1.807, 2.05) is 18.2 Å². The Kier molecular flexibility index (Phi) is 2.95. The van der Waals surface area contributed by atoms with Crippen molar-refractivity contribution in [2.75, 3.05) is 0 Å². The van der Waals surface area contributed by atoms with E-state index in [2.05, 4.69) is 26.0 Å². The summed E-state index contributed by atoms with van der Waals surface area (Å²) in [7, 11) is 0. The van der Waals surface area contributed by atoms with Gasteiger partial charge in [0.15, 0.2) is 0 Å². The van der Waals surface area contributed by atoms with Crippen LogP contribution in [-0.4, -0.2) is 6.29 Å². The highest BCUT2D eigenvalue weighted by molar-refractivity contribution is 5.88. The van der Waals surface area contributed by atoms with Gasteiger partial charge in [-0.2, -0.15) is 0 Å². The number of aldehydes is 1. The normalized spacial score (nSPS) is 19.6. The lowest BCUT2D eigenvalue weighted by Gasteiger charge is -2.31. The minimum absolute atomic E-state index is 0.272. The van der Waals surface area contributed by atoms with Crippen molar-refractivity contribution in [2.45, 2.75) is 33.1 Å². The van der Waals surface area contributed by atoms with E-state index in [4.69, 9.17) is 0 Å². The first kappa shape index (κ1) is 11.1. The molecule has 1 aromatic rings. The van der Waals surface area contributed by atoms with Gasteiger partial charge in [0.25, 0.3) is 0 Å². The largest absolute Gasteiger partial charge is 0.298 e. The molecule has 0 aromatic heterocycles. The molecule has 2 rings (SSSR count). The van der Waals surface area contributed by atoms with Gasteiger partial charge in [-0.3, -0.25) is 4.79 Å². The van der Waals surface area contributed by atoms with Crippen molar-refractivity contribution in [2.24, 2.45) is 5.41 Å². The van der Waals surface area contributed by atoms with Gasteiger partial charge < -0.3 is 0 Å². The standard InChI is InChI=1S/C15H18O/c1-15(2)9-8-14(13(10-15)11-16)12-6-4-3-5-7-12/h3-7,11H,8-10H2,1-2H3. The highest BCUT2D eigenvalue weighted by atomic mass is 16.1. The molecule has 1 aromatic carbocycles. The summed E-state index contributed by atoms with van der Waals surface area (Å²) in [6, 6.07) is 10.3. The maximum atomic E-state index is 11.2. The number of hydrogen-bond acceptors (Lipinski definition) is 1. The molecule has 0 saturated heterocycles. The van der Waals surface area contributed by atoms with Crippen molar-refractivity contribution >= 4 is 11.9 Å². The molecule has 0 aliphatic heterocycles. The van der Waals surface area contributed by atoms with Crippen LogP contribution in [0.2, 0.25) is 0 Å². The van der Waals surface area contributed by atoms with E-state index in [1.54, 1.807) is 0 Å². The Morgan fingerprint density at radius 2 is 1.88 bits per heavy atom. The number of rotatable bonds is 2. The Morgan fingerprint density at radius 3 is 2.50 bits per heavy atom. The zero-order chi connectivity index (χ0) is 11.6. The van der Waals surface area contributed by atoms with Crippen LogP contribution in [-0.2, 0) is 4.79 Å². The number of allylic oxidation sites excluding steroid dienone is 2. The molecular formula is C15H18O. The fourth-order valence-corrected chi connectivity index (χ4v) is 2.42.